The predicted molar refractivity (Wildman–Crippen MR) is 205 cm³/mol. The molecule has 0 saturated carbocycles. The second kappa shape index (κ2) is 12.0. The molecular formula is C42H48B2O4. The van der Waals surface area contributed by atoms with Crippen molar-refractivity contribution >= 4 is 57.5 Å². The van der Waals surface area contributed by atoms with E-state index in [1.165, 1.54) is 54.6 Å². The summed E-state index contributed by atoms with van der Waals surface area (Å²) in [6, 6.07) is 34.5. The number of hydrogen-bond donors (Lipinski definition) is 2. The molecule has 6 heteroatoms. The molecule has 4 nitrogen and oxygen atoms in total. The van der Waals surface area contributed by atoms with Gasteiger partial charge in [-0.2, -0.15) is 0 Å². The highest BCUT2D eigenvalue weighted by Crippen LogP contribution is 2.40. The van der Waals surface area contributed by atoms with E-state index >= 15 is 0 Å². The third-order valence-corrected chi connectivity index (χ3v) is 10.2. The summed E-state index contributed by atoms with van der Waals surface area (Å²) in [6.45, 7) is 21.6. The molecule has 0 unspecified atom stereocenters. The standard InChI is InChI=1S/C32H33BO2.C10H15BO2/c1-30(2,3)26-14-12-20(13-15-26)25-16-21-8-10-23-18-27(33-34-31(4,5)32(6,7)35-33)19-24-11-9-22(17-25)28(21)29(23)24;1-10(2,3)8-4-6-9(7-5-8)11(12)13/h8-19H,1-7H3;4-7,12-13H,1-3H3. The van der Waals surface area contributed by atoms with Gasteiger partial charge in [-0.25, -0.2) is 0 Å². The van der Waals surface area contributed by atoms with Gasteiger partial charge in [0.05, 0.1) is 11.2 Å². The Hall–Kier alpha value is -3.67. The molecule has 1 saturated heterocycles. The maximum atomic E-state index is 8.87. The molecule has 0 spiro atoms. The van der Waals surface area contributed by atoms with Crippen molar-refractivity contribution in [1.29, 1.82) is 0 Å². The Morgan fingerprint density at radius 2 is 0.896 bits per heavy atom. The molecule has 1 heterocycles. The van der Waals surface area contributed by atoms with Crippen molar-refractivity contribution in [3.8, 4) is 11.1 Å². The van der Waals surface area contributed by atoms with Crippen LogP contribution in [-0.4, -0.2) is 35.5 Å². The SMILES string of the molecule is CC(C)(C)c1ccc(-c2cc3ccc4cc(B5OC(C)(C)C(C)(C)O5)cc5ccc(c2)c3c45)cc1.CC(C)(C)c1ccc(B(O)O)cc1. The van der Waals surface area contributed by atoms with Gasteiger partial charge in [0, 0.05) is 0 Å². The monoisotopic (exact) mass is 638 g/mol. The van der Waals surface area contributed by atoms with E-state index in [-0.39, 0.29) is 29.2 Å². The second-order valence-corrected chi connectivity index (χ2v) is 16.4. The molecule has 0 radical (unpaired) electrons. The maximum absolute atomic E-state index is 8.87. The lowest BCUT2D eigenvalue weighted by Gasteiger charge is -2.32. The Labute approximate surface area is 286 Å². The molecule has 6 aromatic rings. The van der Waals surface area contributed by atoms with Gasteiger partial charge in [-0.1, -0.05) is 126 Å². The average molecular weight is 638 g/mol. The largest absolute Gasteiger partial charge is 0.494 e. The van der Waals surface area contributed by atoms with E-state index in [9.17, 15) is 0 Å². The average Bonchev–Trinajstić information content (AvgIpc) is 3.25. The molecule has 6 aromatic carbocycles. The van der Waals surface area contributed by atoms with Gasteiger partial charge in [0.1, 0.15) is 0 Å². The summed E-state index contributed by atoms with van der Waals surface area (Å²) < 4.78 is 12.7. The third-order valence-electron chi connectivity index (χ3n) is 10.2. The molecule has 1 fully saturated rings. The van der Waals surface area contributed by atoms with E-state index in [4.69, 9.17) is 19.4 Å². The lowest BCUT2D eigenvalue weighted by atomic mass is 9.76. The fraction of sp³-hybridized carbons (Fsp3) is 0.333. The normalized spacial score (nSPS) is 16.0. The van der Waals surface area contributed by atoms with Crippen molar-refractivity contribution in [3.05, 3.63) is 108 Å². The van der Waals surface area contributed by atoms with Gasteiger partial charge in [-0.15, -0.1) is 0 Å². The quantitative estimate of drug-likeness (QED) is 0.151. The molecular weight excluding hydrogens is 590 g/mol. The highest BCUT2D eigenvalue weighted by Gasteiger charge is 2.51. The van der Waals surface area contributed by atoms with Crippen LogP contribution in [0.2, 0.25) is 0 Å². The van der Waals surface area contributed by atoms with Crippen LogP contribution in [0.25, 0.3) is 43.4 Å². The Kier molecular flexibility index (Phi) is 8.57. The molecule has 7 rings (SSSR count). The summed E-state index contributed by atoms with van der Waals surface area (Å²) in [4.78, 5) is 0. The van der Waals surface area contributed by atoms with Gasteiger partial charge in [0.25, 0.3) is 0 Å². The van der Waals surface area contributed by atoms with Crippen LogP contribution in [0.3, 0.4) is 0 Å². The van der Waals surface area contributed by atoms with E-state index in [0.717, 1.165) is 5.46 Å². The highest BCUT2D eigenvalue weighted by molar-refractivity contribution is 6.63. The van der Waals surface area contributed by atoms with Gasteiger partial charge in [-0.05, 0) is 116 Å². The smallest absolute Gasteiger partial charge is 0.423 e. The second-order valence-electron chi connectivity index (χ2n) is 16.4. The molecule has 1 aliphatic rings. The minimum Gasteiger partial charge on any atom is -0.423 e. The fourth-order valence-electron chi connectivity index (χ4n) is 6.46. The first kappa shape index (κ1) is 34.2. The van der Waals surface area contributed by atoms with Crippen LogP contribution >= 0.6 is 0 Å². The predicted octanol–water partition coefficient (Wildman–Crippen LogP) is 8.51. The summed E-state index contributed by atoms with van der Waals surface area (Å²) in [6.07, 6.45) is 0. The summed E-state index contributed by atoms with van der Waals surface area (Å²) in [5.74, 6) is 0. The lowest BCUT2D eigenvalue weighted by Crippen LogP contribution is -2.41. The van der Waals surface area contributed by atoms with Crippen LogP contribution in [0.4, 0.5) is 0 Å². The van der Waals surface area contributed by atoms with Gasteiger partial charge < -0.3 is 19.4 Å². The molecule has 0 atom stereocenters. The van der Waals surface area contributed by atoms with E-state index in [2.05, 4.69) is 142 Å². The van der Waals surface area contributed by atoms with Crippen LogP contribution in [0.5, 0.6) is 0 Å². The zero-order chi connectivity index (χ0) is 34.8. The first-order chi connectivity index (χ1) is 22.3. The van der Waals surface area contributed by atoms with Crippen LogP contribution in [-0.2, 0) is 20.1 Å². The molecule has 2 N–H and O–H groups in total. The van der Waals surface area contributed by atoms with Crippen LogP contribution in [0, 0.1) is 0 Å². The van der Waals surface area contributed by atoms with Crippen molar-refractivity contribution in [3.63, 3.8) is 0 Å². The molecule has 0 aliphatic carbocycles. The Balaban J connectivity index is 0.000000261. The summed E-state index contributed by atoms with van der Waals surface area (Å²) >= 11 is 0. The van der Waals surface area contributed by atoms with Crippen molar-refractivity contribution in [2.75, 3.05) is 0 Å². The molecule has 0 bridgehead atoms. The van der Waals surface area contributed by atoms with Crippen LogP contribution < -0.4 is 10.9 Å². The first-order valence-electron chi connectivity index (χ1n) is 17.0. The van der Waals surface area contributed by atoms with E-state index < -0.39 is 7.12 Å². The number of benzene rings is 6. The van der Waals surface area contributed by atoms with Crippen molar-refractivity contribution < 1.29 is 19.4 Å². The van der Waals surface area contributed by atoms with Gasteiger partial charge in [0.2, 0.25) is 0 Å². The summed E-state index contributed by atoms with van der Waals surface area (Å²) in [5.41, 5.74) is 6.25. The van der Waals surface area contributed by atoms with Gasteiger partial charge in [-0.3, -0.25) is 0 Å². The maximum Gasteiger partial charge on any atom is 0.494 e. The van der Waals surface area contributed by atoms with E-state index in [1.807, 2.05) is 12.1 Å². The molecule has 1 aliphatic heterocycles. The Bertz CT molecular complexity index is 1980. The number of hydrogen-bond acceptors (Lipinski definition) is 4. The minimum atomic E-state index is -1.37. The Morgan fingerprint density at radius 3 is 1.27 bits per heavy atom. The fourth-order valence-corrected chi connectivity index (χ4v) is 6.46. The third kappa shape index (κ3) is 6.52. The summed E-state index contributed by atoms with van der Waals surface area (Å²) in [5, 5.41) is 25.4. The number of rotatable bonds is 3. The van der Waals surface area contributed by atoms with Crippen molar-refractivity contribution in [2.45, 2.75) is 91.3 Å². The molecule has 246 valence electrons. The first-order valence-corrected chi connectivity index (χ1v) is 17.0. The molecule has 0 amide bonds. The van der Waals surface area contributed by atoms with Crippen LogP contribution in [0.1, 0.15) is 80.4 Å². The lowest BCUT2D eigenvalue weighted by molar-refractivity contribution is 0.00578. The zero-order valence-corrected chi connectivity index (χ0v) is 30.1. The van der Waals surface area contributed by atoms with Gasteiger partial charge >= 0.3 is 14.2 Å². The topological polar surface area (TPSA) is 58.9 Å². The van der Waals surface area contributed by atoms with E-state index in [1.54, 1.807) is 12.1 Å². The zero-order valence-electron chi connectivity index (χ0n) is 30.1. The highest BCUT2D eigenvalue weighted by atomic mass is 16.7. The van der Waals surface area contributed by atoms with Crippen LogP contribution in [0.15, 0.2) is 97.1 Å². The molecule has 0 aromatic heterocycles. The van der Waals surface area contributed by atoms with Gasteiger partial charge in [0.15, 0.2) is 0 Å². The van der Waals surface area contributed by atoms with E-state index in [0.29, 0.717) is 5.46 Å². The molecule has 48 heavy (non-hydrogen) atoms. The van der Waals surface area contributed by atoms with Crippen molar-refractivity contribution in [1.82, 2.24) is 0 Å². The summed E-state index contributed by atoms with van der Waals surface area (Å²) in [7, 11) is -1.72. The minimum absolute atomic E-state index is 0.110. The van der Waals surface area contributed by atoms with Crippen molar-refractivity contribution in [2.24, 2.45) is 0 Å². The Morgan fingerprint density at radius 1 is 0.521 bits per heavy atom.